The maximum absolute atomic E-state index is 12.9. The van der Waals surface area contributed by atoms with Crippen molar-refractivity contribution in [2.75, 3.05) is 44.3 Å². The van der Waals surface area contributed by atoms with E-state index in [1.54, 1.807) is 0 Å². The first-order valence-corrected chi connectivity index (χ1v) is 13.9. The predicted octanol–water partition coefficient (Wildman–Crippen LogP) is 6.02. The molecule has 2 aliphatic heterocycles. The van der Waals surface area contributed by atoms with E-state index in [-0.39, 0.29) is 12.2 Å². The van der Waals surface area contributed by atoms with Gasteiger partial charge in [0.25, 0.3) is 5.91 Å². The van der Waals surface area contributed by atoms with Gasteiger partial charge in [-0.3, -0.25) is 9.69 Å². The first-order valence-electron chi connectivity index (χ1n) is 13.9. The van der Waals surface area contributed by atoms with Gasteiger partial charge >= 0.3 is 0 Å². The normalized spacial score (nSPS) is 17.0. The van der Waals surface area contributed by atoms with Gasteiger partial charge in [-0.05, 0) is 68.7 Å². The summed E-state index contributed by atoms with van der Waals surface area (Å²) in [5.41, 5.74) is 5.37. The number of anilines is 2. The molecular formula is C32H39N3O3. The Hall–Kier alpha value is -3.19. The standard InChI is InChI=1S/C32H39N3O3/c1-3-34(4-2)31(36)26-13-15-28(16-14-26)35(30-12-8-11-27(23-30)32-37-21-22-38-32)29-17-19-33(20-18-29)24-25-9-6-5-7-10-25/h5-16,23,29,32H,3-4,17-22,24H2,1-2H3. The third-order valence-electron chi connectivity index (χ3n) is 7.66. The topological polar surface area (TPSA) is 45.3 Å². The predicted molar refractivity (Wildman–Crippen MR) is 152 cm³/mol. The van der Waals surface area contributed by atoms with Crippen molar-refractivity contribution in [2.45, 2.75) is 45.6 Å². The van der Waals surface area contributed by atoms with Gasteiger partial charge in [0.05, 0.1) is 13.2 Å². The van der Waals surface area contributed by atoms with Crippen LogP contribution in [0.4, 0.5) is 11.4 Å². The molecule has 5 rings (SSSR count). The summed E-state index contributed by atoms with van der Waals surface area (Å²) in [5.74, 6) is 0.0832. The average molecular weight is 514 g/mol. The molecule has 0 radical (unpaired) electrons. The monoisotopic (exact) mass is 513 g/mol. The molecule has 0 saturated carbocycles. The molecule has 0 bridgehead atoms. The van der Waals surface area contributed by atoms with E-state index in [0.717, 1.165) is 55.0 Å². The SMILES string of the molecule is CCN(CC)C(=O)c1ccc(N(c2cccc(C3OCCO3)c2)C2CCN(Cc3ccccc3)CC2)cc1. The minimum atomic E-state index is -0.307. The second-order valence-corrected chi connectivity index (χ2v) is 10.1. The van der Waals surface area contributed by atoms with Crippen LogP contribution in [0.3, 0.4) is 0 Å². The maximum atomic E-state index is 12.9. The van der Waals surface area contributed by atoms with E-state index in [1.165, 1.54) is 5.56 Å². The van der Waals surface area contributed by atoms with Crippen LogP contribution in [0, 0.1) is 0 Å². The molecular weight excluding hydrogens is 474 g/mol. The van der Waals surface area contributed by atoms with Crippen molar-refractivity contribution in [1.82, 2.24) is 9.80 Å². The lowest BCUT2D eigenvalue weighted by molar-refractivity contribution is -0.0440. The van der Waals surface area contributed by atoms with Gasteiger partial charge in [-0.15, -0.1) is 0 Å². The largest absolute Gasteiger partial charge is 0.346 e. The van der Waals surface area contributed by atoms with E-state index in [2.05, 4.69) is 76.5 Å². The Morgan fingerprint density at radius 3 is 2.18 bits per heavy atom. The van der Waals surface area contributed by atoms with Crippen LogP contribution in [0.25, 0.3) is 0 Å². The molecule has 6 heteroatoms. The summed E-state index contributed by atoms with van der Waals surface area (Å²) in [6, 6.07) is 27.7. The van der Waals surface area contributed by atoms with Gasteiger partial charge < -0.3 is 19.3 Å². The fourth-order valence-corrected chi connectivity index (χ4v) is 5.58. The maximum Gasteiger partial charge on any atom is 0.253 e. The van der Waals surface area contributed by atoms with Crippen molar-refractivity contribution >= 4 is 17.3 Å². The van der Waals surface area contributed by atoms with E-state index in [0.29, 0.717) is 32.3 Å². The molecule has 200 valence electrons. The van der Waals surface area contributed by atoms with Gasteiger partial charge in [0.1, 0.15) is 0 Å². The molecule has 3 aromatic carbocycles. The zero-order valence-corrected chi connectivity index (χ0v) is 22.6. The lowest BCUT2D eigenvalue weighted by Crippen LogP contribution is -2.43. The number of ether oxygens (including phenoxy) is 2. The zero-order valence-electron chi connectivity index (χ0n) is 22.6. The summed E-state index contributed by atoms with van der Waals surface area (Å²) in [4.78, 5) is 19.8. The van der Waals surface area contributed by atoms with Crippen molar-refractivity contribution in [3.8, 4) is 0 Å². The molecule has 6 nitrogen and oxygen atoms in total. The number of piperidine rings is 1. The van der Waals surface area contributed by atoms with Crippen molar-refractivity contribution in [3.63, 3.8) is 0 Å². The Morgan fingerprint density at radius 2 is 1.53 bits per heavy atom. The van der Waals surface area contributed by atoms with Crippen molar-refractivity contribution in [1.29, 1.82) is 0 Å². The number of rotatable bonds is 9. The van der Waals surface area contributed by atoms with Crippen molar-refractivity contribution < 1.29 is 14.3 Å². The first-order chi connectivity index (χ1) is 18.7. The molecule has 0 N–H and O–H groups in total. The molecule has 38 heavy (non-hydrogen) atoms. The van der Waals surface area contributed by atoms with Gasteiger partial charge in [0.2, 0.25) is 0 Å². The Labute approximate surface area is 226 Å². The average Bonchev–Trinajstić information content (AvgIpc) is 3.51. The van der Waals surface area contributed by atoms with E-state index in [1.807, 2.05) is 30.9 Å². The number of carbonyl (C=O) groups is 1. The molecule has 0 aromatic heterocycles. The van der Waals surface area contributed by atoms with Crippen LogP contribution in [0.5, 0.6) is 0 Å². The third kappa shape index (κ3) is 6.09. The van der Waals surface area contributed by atoms with Gasteiger partial charge in [-0.2, -0.15) is 0 Å². The van der Waals surface area contributed by atoms with E-state index in [9.17, 15) is 4.79 Å². The Balaban J connectivity index is 1.39. The quantitative estimate of drug-likeness (QED) is 0.350. The zero-order chi connectivity index (χ0) is 26.3. The van der Waals surface area contributed by atoms with Crippen molar-refractivity contribution in [2.24, 2.45) is 0 Å². The fraction of sp³-hybridized carbons (Fsp3) is 0.406. The highest BCUT2D eigenvalue weighted by molar-refractivity contribution is 5.94. The van der Waals surface area contributed by atoms with E-state index in [4.69, 9.17) is 9.47 Å². The number of hydrogen-bond donors (Lipinski definition) is 0. The van der Waals surface area contributed by atoms with Crippen LogP contribution < -0.4 is 4.90 Å². The van der Waals surface area contributed by atoms with Crippen LogP contribution in [0.1, 0.15) is 54.5 Å². The highest BCUT2D eigenvalue weighted by Crippen LogP contribution is 2.35. The van der Waals surface area contributed by atoms with Gasteiger partial charge in [0, 0.05) is 61.3 Å². The molecule has 0 aliphatic carbocycles. The molecule has 3 aromatic rings. The number of amides is 1. The molecule has 0 unspecified atom stereocenters. The lowest BCUT2D eigenvalue weighted by atomic mass is 9.99. The van der Waals surface area contributed by atoms with Crippen LogP contribution >= 0.6 is 0 Å². The first kappa shape index (κ1) is 26.4. The summed E-state index contributed by atoms with van der Waals surface area (Å²) in [5, 5.41) is 0. The lowest BCUT2D eigenvalue weighted by Gasteiger charge is -2.40. The number of carbonyl (C=O) groups excluding carboxylic acids is 1. The Bertz CT molecular complexity index is 1170. The summed E-state index contributed by atoms with van der Waals surface area (Å²) in [6.45, 7) is 9.79. The van der Waals surface area contributed by atoms with Gasteiger partial charge in [-0.1, -0.05) is 42.5 Å². The molecule has 2 fully saturated rings. The fourth-order valence-electron chi connectivity index (χ4n) is 5.58. The molecule has 1 amide bonds. The van der Waals surface area contributed by atoms with Crippen LogP contribution in [0.15, 0.2) is 78.9 Å². The van der Waals surface area contributed by atoms with E-state index >= 15 is 0 Å². The summed E-state index contributed by atoms with van der Waals surface area (Å²) in [6.07, 6.45) is 1.82. The van der Waals surface area contributed by atoms with Crippen LogP contribution in [-0.4, -0.2) is 61.1 Å². The Kier molecular flexibility index (Phi) is 8.74. The minimum absolute atomic E-state index is 0.0832. The number of nitrogens with zero attached hydrogens (tertiary/aromatic N) is 3. The van der Waals surface area contributed by atoms with Crippen molar-refractivity contribution in [3.05, 3.63) is 95.6 Å². The molecule has 2 saturated heterocycles. The minimum Gasteiger partial charge on any atom is -0.346 e. The second kappa shape index (κ2) is 12.6. The van der Waals surface area contributed by atoms with Crippen LogP contribution in [0.2, 0.25) is 0 Å². The third-order valence-corrected chi connectivity index (χ3v) is 7.66. The van der Waals surface area contributed by atoms with Gasteiger partial charge in [-0.25, -0.2) is 0 Å². The number of benzene rings is 3. The number of likely N-dealkylation sites (tertiary alicyclic amines) is 1. The number of hydrogen-bond acceptors (Lipinski definition) is 5. The molecule has 2 heterocycles. The second-order valence-electron chi connectivity index (χ2n) is 10.1. The molecule has 2 aliphatic rings. The van der Waals surface area contributed by atoms with Crippen LogP contribution in [-0.2, 0) is 16.0 Å². The highest BCUT2D eigenvalue weighted by atomic mass is 16.7. The molecule has 0 spiro atoms. The Morgan fingerprint density at radius 1 is 0.842 bits per heavy atom. The smallest absolute Gasteiger partial charge is 0.253 e. The summed E-state index contributed by atoms with van der Waals surface area (Å²) in [7, 11) is 0. The summed E-state index contributed by atoms with van der Waals surface area (Å²) < 4.78 is 11.6. The van der Waals surface area contributed by atoms with Gasteiger partial charge in [0.15, 0.2) is 6.29 Å². The van der Waals surface area contributed by atoms with E-state index < -0.39 is 0 Å². The summed E-state index contributed by atoms with van der Waals surface area (Å²) >= 11 is 0. The molecule has 0 atom stereocenters. The highest BCUT2D eigenvalue weighted by Gasteiger charge is 2.28.